The molecule has 1 fully saturated rings. The van der Waals surface area contributed by atoms with Crippen molar-refractivity contribution in [1.29, 1.82) is 0 Å². The molecule has 3 heteroatoms. The third-order valence-corrected chi connectivity index (χ3v) is 4.16. The van der Waals surface area contributed by atoms with Crippen LogP contribution in [-0.4, -0.2) is 17.9 Å². The molecule has 0 spiro atoms. The summed E-state index contributed by atoms with van der Waals surface area (Å²) in [5.41, 5.74) is -0.340. The van der Waals surface area contributed by atoms with Gasteiger partial charge in [0.15, 0.2) is 0 Å². The zero-order valence-corrected chi connectivity index (χ0v) is 10.7. The molecule has 4 atom stereocenters. The smallest absolute Gasteiger partial charge is 0.303 e. The minimum Gasteiger partial charge on any atom is -0.459 e. The summed E-state index contributed by atoms with van der Waals surface area (Å²) in [6, 6.07) is 0. The van der Waals surface area contributed by atoms with Gasteiger partial charge in [0.1, 0.15) is 11.9 Å². The molecule has 0 aliphatic heterocycles. The Bertz CT molecular complexity index is 274. The van der Waals surface area contributed by atoms with E-state index in [1.165, 1.54) is 6.92 Å². The number of hydrogen-bond acceptors (Lipinski definition) is 3. The lowest BCUT2D eigenvalue weighted by molar-refractivity contribution is -0.159. The Morgan fingerprint density at radius 2 is 2.25 bits per heavy atom. The second-order valence-corrected chi connectivity index (χ2v) is 5.28. The lowest BCUT2D eigenvalue weighted by atomic mass is 9.80. The zero-order valence-electron chi connectivity index (χ0n) is 10.7. The Balaban J connectivity index is 2.68. The van der Waals surface area contributed by atoms with Crippen molar-refractivity contribution in [3.63, 3.8) is 0 Å². The Labute approximate surface area is 97.5 Å². The van der Waals surface area contributed by atoms with E-state index in [2.05, 4.69) is 13.8 Å². The maximum Gasteiger partial charge on any atom is 0.303 e. The Kier molecular flexibility index (Phi) is 4.11. The van der Waals surface area contributed by atoms with Crippen molar-refractivity contribution < 1.29 is 14.3 Å². The lowest BCUT2D eigenvalue weighted by Gasteiger charge is -2.32. The van der Waals surface area contributed by atoms with Crippen molar-refractivity contribution in [2.45, 2.75) is 52.6 Å². The van der Waals surface area contributed by atoms with Gasteiger partial charge in [0.05, 0.1) is 0 Å². The van der Waals surface area contributed by atoms with E-state index in [9.17, 15) is 9.59 Å². The summed E-state index contributed by atoms with van der Waals surface area (Å²) in [6.45, 7) is 7.70. The first-order valence-corrected chi connectivity index (χ1v) is 6.04. The topological polar surface area (TPSA) is 43.4 Å². The third kappa shape index (κ3) is 2.63. The number of ether oxygens (including phenoxy) is 1. The molecule has 1 aliphatic rings. The number of carbonyl (C=O) groups excluding carboxylic acids is 2. The van der Waals surface area contributed by atoms with Crippen molar-refractivity contribution in [3.8, 4) is 0 Å². The monoisotopic (exact) mass is 226 g/mol. The highest BCUT2D eigenvalue weighted by atomic mass is 16.6. The van der Waals surface area contributed by atoms with Crippen molar-refractivity contribution in [2.24, 2.45) is 17.8 Å². The molecule has 1 aliphatic carbocycles. The SMILES string of the molecule is CC(=O)O[C@]1(C)CC[C@H](C(C)CC=O)[C@@H]1C. The first-order chi connectivity index (χ1) is 7.40. The predicted molar refractivity (Wildman–Crippen MR) is 61.9 cm³/mol. The number of carbonyl (C=O) groups is 2. The van der Waals surface area contributed by atoms with E-state index in [1.54, 1.807) is 0 Å². The van der Waals surface area contributed by atoms with E-state index in [0.717, 1.165) is 19.1 Å². The van der Waals surface area contributed by atoms with E-state index in [-0.39, 0.29) is 11.6 Å². The van der Waals surface area contributed by atoms with Gasteiger partial charge in [-0.15, -0.1) is 0 Å². The van der Waals surface area contributed by atoms with Gasteiger partial charge in [0, 0.05) is 13.3 Å². The molecule has 1 unspecified atom stereocenters. The molecule has 0 aromatic carbocycles. The number of rotatable bonds is 4. The fourth-order valence-corrected chi connectivity index (χ4v) is 2.96. The second kappa shape index (κ2) is 4.98. The van der Waals surface area contributed by atoms with Crippen molar-refractivity contribution >= 4 is 12.3 Å². The van der Waals surface area contributed by atoms with Crippen LogP contribution in [0.3, 0.4) is 0 Å². The number of hydrogen-bond donors (Lipinski definition) is 0. The van der Waals surface area contributed by atoms with E-state index >= 15 is 0 Å². The highest BCUT2D eigenvalue weighted by molar-refractivity contribution is 5.66. The molecule has 0 N–H and O–H groups in total. The van der Waals surface area contributed by atoms with Crippen LogP contribution >= 0.6 is 0 Å². The van der Waals surface area contributed by atoms with Gasteiger partial charge in [-0.1, -0.05) is 13.8 Å². The molecule has 0 aromatic rings. The van der Waals surface area contributed by atoms with Crippen LogP contribution in [0.15, 0.2) is 0 Å². The third-order valence-electron chi connectivity index (χ3n) is 4.16. The Morgan fingerprint density at radius 1 is 1.62 bits per heavy atom. The van der Waals surface area contributed by atoms with Crippen molar-refractivity contribution in [1.82, 2.24) is 0 Å². The molecule has 0 heterocycles. The van der Waals surface area contributed by atoms with Gasteiger partial charge in [-0.25, -0.2) is 0 Å². The fraction of sp³-hybridized carbons (Fsp3) is 0.846. The minimum absolute atomic E-state index is 0.210. The highest BCUT2D eigenvalue weighted by Crippen LogP contribution is 2.46. The average molecular weight is 226 g/mol. The fourth-order valence-electron chi connectivity index (χ4n) is 2.96. The first kappa shape index (κ1) is 13.2. The molecular formula is C13H22O3. The molecule has 0 saturated heterocycles. The Morgan fingerprint density at radius 3 is 2.75 bits per heavy atom. The van der Waals surface area contributed by atoms with Gasteiger partial charge >= 0.3 is 5.97 Å². The van der Waals surface area contributed by atoms with Crippen LogP contribution in [0.25, 0.3) is 0 Å². The van der Waals surface area contributed by atoms with Crippen LogP contribution in [-0.2, 0) is 14.3 Å². The summed E-state index contributed by atoms with van der Waals surface area (Å²) >= 11 is 0. The molecule has 1 rings (SSSR count). The maximum absolute atomic E-state index is 11.1. The van der Waals surface area contributed by atoms with Crippen LogP contribution in [0.1, 0.15) is 47.0 Å². The largest absolute Gasteiger partial charge is 0.459 e. The van der Waals surface area contributed by atoms with Gasteiger partial charge in [0.25, 0.3) is 0 Å². The normalized spacial score (nSPS) is 35.8. The quantitative estimate of drug-likeness (QED) is 0.546. The molecule has 0 aromatic heterocycles. The molecule has 92 valence electrons. The standard InChI is InChI=1S/C13H22O3/c1-9(6-8-14)12-5-7-13(4,10(12)2)16-11(3)15/h8-10,12H,5-7H2,1-4H3/t9?,10-,12+,13+/m0/s1. The van der Waals surface area contributed by atoms with Crippen LogP contribution in [0.2, 0.25) is 0 Å². The summed E-state index contributed by atoms with van der Waals surface area (Å²) in [5, 5.41) is 0. The van der Waals surface area contributed by atoms with Crippen LogP contribution < -0.4 is 0 Å². The van der Waals surface area contributed by atoms with Gasteiger partial charge in [-0.05, 0) is 37.5 Å². The Hall–Kier alpha value is -0.860. The zero-order chi connectivity index (χ0) is 12.3. The summed E-state index contributed by atoms with van der Waals surface area (Å²) in [7, 11) is 0. The first-order valence-electron chi connectivity index (χ1n) is 6.04. The minimum atomic E-state index is -0.340. The summed E-state index contributed by atoms with van der Waals surface area (Å²) in [4.78, 5) is 21.6. The number of esters is 1. The van der Waals surface area contributed by atoms with Crippen LogP contribution in [0.4, 0.5) is 0 Å². The molecule has 0 amide bonds. The average Bonchev–Trinajstić information content (AvgIpc) is 2.43. The molecule has 0 radical (unpaired) electrons. The summed E-state index contributed by atoms with van der Waals surface area (Å²) in [6.07, 6.45) is 3.53. The van der Waals surface area contributed by atoms with Crippen LogP contribution in [0.5, 0.6) is 0 Å². The predicted octanol–water partition coefficient (Wildman–Crippen LogP) is 2.58. The lowest BCUT2D eigenvalue weighted by Crippen LogP contribution is -2.36. The van der Waals surface area contributed by atoms with Crippen molar-refractivity contribution in [3.05, 3.63) is 0 Å². The van der Waals surface area contributed by atoms with E-state index in [1.807, 2.05) is 6.92 Å². The van der Waals surface area contributed by atoms with Crippen LogP contribution in [0, 0.1) is 17.8 Å². The maximum atomic E-state index is 11.1. The number of aldehydes is 1. The molecule has 16 heavy (non-hydrogen) atoms. The van der Waals surface area contributed by atoms with E-state index < -0.39 is 0 Å². The van der Waals surface area contributed by atoms with Crippen molar-refractivity contribution in [2.75, 3.05) is 0 Å². The molecule has 0 bridgehead atoms. The van der Waals surface area contributed by atoms with E-state index in [0.29, 0.717) is 24.2 Å². The van der Waals surface area contributed by atoms with Gasteiger partial charge in [0.2, 0.25) is 0 Å². The van der Waals surface area contributed by atoms with Gasteiger partial charge < -0.3 is 9.53 Å². The summed E-state index contributed by atoms with van der Waals surface area (Å²) in [5.74, 6) is 0.976. The molecule has 1 saturated carbocycles. The summed E-state index contributed by atoms with van der Waals surface area (Å²) < 4.78 is 5.44. The molecular weight excluding hydrogens is 204 g/mol. The second-order valence-electron chi connectivity index (χ2n) is 5.28. The molecule has 3 nitrogen and oxygen atoms in total. The van der Waals surface area contributed by atoms with Gasteiger partial charge in [-0.3, -0.25) is 4.79 Å². The highest BCUT2D eigenvalue weighted by Gasteiger charge is 2.46. The van der Waals surface area contributed by atoms with Gasteiger partial charge in [-0.2, -0.15) is 0 Å². The van der Waals surface area contributed by atoms with E-state index in [4.69, 9.17) is 4.74 Å².